The highest BCUT2D eigenvalue weighted by Gasteiger charge is 2.42. The van der Waals surface area contributed by atoms with E-state index in [-0.39, 0.29) is 19.0 Å². The molecular formula is C15H26N2O3. The van der Waals surface area contributed by atoms with Gasteiger partial charge in [-0.2, -0.15) is 0 Å². The van der Waals surface area contributed by atoms with E-state index in [1.165, 1.54) is 32.1 Å². The van der Waals surface area contributed by atoms with Gasteiger partial charge in [0.15, 0.2) is 0 Å². The molecule has 0 bridgehead atoms. The third kappa shape index (κ3) is 3.44. The Labute approximate surface area is 120 Å². The minimum Gasteiger partial charge on any atom is -0.481 e. The van der Waals surface area contributed by atoms with Crippen LogP contribution in [0, 0.1) is 11.3 Å². The molecule has 1 saturated carbocycles. The van der Waals surface area contributed by atoms with Gasteiger partial charge in [-0.25, -0.2) is 4.79 Å². The van der Waals surface area contributed by atoms with Crippen LogP contribution in [0.25, 0.3) is 0 Å². The van der Waals surface area contributed by atoms with Crippen LogP contribution in [0.1, 0.15) is 51.9 Å². The van der Waals surface area contributed by atoms with E-state index in [1.807, 2.05) is 4.90 Å². The van der Waals surface area contributed by atoms with Gasteiger partial charge in [-0.1, -0.05) is 26.2 Å². The topological polar surface area (TPSA) is 69.6 Å². The fourth-order valence-electron chi connectivity index (χ4n) is 3.74. The van der Waals surface area contributed by atoms with Crippen LogP contribution in [0.3, 0.4) is 0 Å². The number of hydrogen-bond donors (Lipinski definition) is 2. The van der Waals surface area contributed by atoms with Crippen molar-refractivity contribution in [1.82, 2.24) is 10.2 Å². The highest BCUT2D eigenvalue weighted by atomic mass is 16.4. The highest BCUT2D eigenvalue weighted by molar-refractivity contribution is 5.75. The maximum absolute atomic E-state index is 12.1. The summed E-state index contributed by atoms with van der Waals surface area (Å²) in [7, 11) is 0. The number of aliphatic carboxylic acids is 1. The molecule has 2 aliphatic rings. The number of carboxylic acids is 1. The summed E-state index contributed by atoms with van der Waals surface area (Å²) in [5.41, 5.74) is 0.306. The van der Waals surface area contributed by atoms with Crippen molar-refractivity contribution < 1.29 is 14.7 Å². The van der Waals surface area contributed by atoms with Crippen LogP contribution in [0.15, 0.2) is 0 Å². The summed E-state index contributed by atoms with van der Waals surface area (Å²) in [6.07, 6.45) is 7.38. The van der Waals surface area contributed by atoms with Crippen molar-refractivity contribution in [1.29, 1.82) is 0 Å². The van der Waals surface area contributed by atoms with Gasteiger partial charge in [0.1, 0.15) is 0 Å². The van der Waals surface area contributed by atoms with Gasteiger partial charge in [0.2, 0.25) is 0 Å². The average molecular weight is 282 g/mol. The second kappa shape index (κ2) is 6.46. The lowest BCUT2D eigenvalue weighted by molar-refractivity contribution is -0.136. The molecule has 1 atom stereocenters. The molecule has 0 radical (unpaired) electrons. The van der Waals surface area contributed by atoms with E-state index in [4.69, 9.17) is 5.11 Å². The van der Waals surface area contributed by atoms with Crippen molar-refractivity contribution >= 4 is 12.0 Å². The molecule has 0 aromatic carbocycles. The highest BCUT2D eigenvalue weighted by Crippen LogP contribution is 2.46. The number of likely N-dealkylation sites (tertiary alicyclic amines) is 1. The number of nitrogens with one attached hydrogen (secondary N) is 1. The van der Waals surface area contributed by atoms with Crippen molar-refractivity contribution in [3.8, 4) is 0 Å². The lowest BCUT2D eigenvalue weighted by atomic mass is 9.63. The summed E-state index contributed by atoms with van der Waals surface area (Å²) in [5.74, 6) is -0.188. The van der Waals surface area contributed by atoms with Gasteiger partial charge in [0, 0.05) is 19.6 Å². The third-order valence-corrected chi connectivity index (χ3v) is 5.13. The third-order valence-electron chi connectivity index (χ3n) is 5.13. The fourth-order valence-corrected chi connectivity index (χ4v) is 3.74. The van der Waals surface area contributed by atoms with Crippen LogP contribution in [-0.2, 0) is 4.79 Å². The molecule has 2 amide bonds. The summed E-state index contributed by atoms with van der Waals surface area (Å²) in [4.78, 5) is 24.5. The van der Waals surface area contributed by atoms with Gasteiger partial charge in [0.05, 0.1) is 6.42 Å². The zero-order valence-corrected chi connectivity index (χ0v) is 12.4. The van der Waals surface area contributed by atoms with Crippen LogP contribution in [0.2, 0.25) is 0 Å². The van der Waals surface area contributed by atoms with Crippen LogP contribution in [-0.4, -0.2) is 41.6 Å². The zero-order valence-electron chi connectivity index (χ0n) is 12.4. The smallest absolute Gasteiger partial charge is 0.317 e. The normalized spacial score (nSPS) is 25.4. The number of hydrogen-bond acceptors (Lipinski definition) is 2. The summed E-state index contributed by atoms with van der Waals surface area (Å²) in [5, 5.41) is 11.3. The Morgan fingerprint density at radius 3 is 2.65 bits per heavy atom. The molecule has 5 heteroatoms. The van der Waals surface area contributed by atoms with E-state index >= 15 is 0 Å². The van der Waals surface area contributed by atoms with Gasteiger partial charge in [0.25, 0.3) is 0 Å². The van der Waals surface area contributed by atoms with Crippen molar-refractivity contribution in [3.63, 3.8) is 0 Å². The van der Waals surface area contributed by atoms with E-state index in [1.54, 1.807) is 0 Å². The number of carbonyl (C=O) groups excluding carboxylic acids is 1. The van der Waals surface area contributed by atoms with Crippen LogP contribution >= 0.6 is 0 Å². The van der Waals surface area contributed by atoms with Gasteiger partial charge < -0.3 is 15.3 Å². The Balaban J connectivity index is 1.89. The van der Waals surface area contributed by atoms with Crippen LogP contribution in [0.5, 0.6) is 0 Å². The lowest BCUT2D eigenvalue weighted by Crippen LogP contribution is -2.53. The van der Waals surface area contributed by atoms with E-state index in [0.717, 1.165) is 19.5 Å². The molecule has 114 valence electrons. The summed E-state index contributed by atoms with van der Waals surface area (Å²) < 4.78 is 0. The lowest BCUT2D eigenvalue weighted by Gasteiger charge is -2.49. The number of carboxylic acid groups (broad SMARTS) is 1. The Kier molecular flexibility index (Phi) is 4.89. The molecule has 5 nitrogen and oxygen atoms in total. The molecular weight excluding hydrogens is 256 g/mol. The molecule has 0 aromatic rings. The van der Waals surface area contributed by atoms with Crippen LogP contribution in [0.4, 0.5) is 4.79 Å². The maximum atomic E-state index is 12.1. The molecule has 2 N–H and O–H groups in total. The average Bonchev–Trinajstić information content (AvgIpc) is 2.42. The Bertz CT molecular complexity index is 364. The van der Waals surface area contributed by atoms with E-state index in [0.29, 0.717) is 11.3 Å². The summed E-state index contributed by atoms with van der Waals surface area (Å²) in [6.45, 7) is 4.17. The molecule has 1 aliphatic heterocycles. The Hall–Kier alpha value is -1.26. The zero-order chi connectivity index (χ0) is 14.6. The second-order valence-electron chi connectivity index (χ2n) is 6.41. The number of urea groups is 1. The van der Waals surface area contributed by atoms with E-state index in [2.05, 4.69) is 12.2 Å². The van der Waals surface area contributed by atoms with Gasteiger partial charge >= 0.3 is 12.0 Å². The maximum Gasteiger partial charge on any atom is 0.317 e. The number of amides is 2. The molecule has 1 saturated heterocycles. The molecule has 2 fully saturated rings. The minimum atomic E-state index is -0.874. The van der Waals surface area contributed by atoms with E-state index < -0.39 is 5.97 Å². The van der Waals surface area contributed by atoms with Gasteiger partial charge in [-0.05, 0) is 30.6 Å². The molecule has 20 heavy (non-hydrogen) atoms. The molecule has 1 unspecified atom stereocenters. The number of rotatable bonds is 3. The van der Waals surface area contributed by atoms with Crippen LogP contribution < -0.4 is 5.32 Å². The first-order chi connectivity index (χ1) is 9.53. The summed E-state index contributed by atoms with van der Waals surface area (Å²) >= 11 is 0. The first kappa shape index (κ1) is 15.1. The van der Waals surface area contributed by atoms with Crippen molar-refractivity contribution in [2.75, 3.05) is 19.6 Å². The van der Waals surface area contributed by atoms with Gasteiger partial charge in [-0.3, -0.25) is 4.79 Å². The first-order valence-electron chi connectivity index (χ1n) is 7.78. The number of carbonyl (C=O) groups is 2. The quantitative estimate of drug-likeness (QED) is 0.835. The number of nitrogens with zero attached hydrogens (tertiary/aromatic N) is 1. The largest absolute Gasteiger partial charge is 0.481 e. The fraction of sp³-hybridized carbons (Fsp3) is 0.867. The standard InChI is InChI=1S/C15H26N2O3/c1-12-6-10-17(14(20)16-9-5-13(18)19)11-15(12)7-3-2-4-8-15/h12H,2-11H2,1H3,(H,16,20)(H,18,19). The second-order valence-corrected chi connectivity index (χ2v) is 6.41. The first-order valence-corrected chi connectivity index (χ1v) is 7.78. The SMILES string of the molecule is CC1CCN(C(=O)NCCC(=O)O)CC12CCCCC2. The molecule has 0 aromatic heterocycles. The number of piperidine rings is 1. The molecule has 1 heterocycles. The monoisotopic (exact) mass is 282 g/mol. The van der Waals surface area contributed by atoms with Crippen molar-refractivity contribution in [2.24, 2.45) is 11.3 Å². The predicted octanol–water partition coefficient (Wildman–Crippen LogP) is 2.46. The van der Waals surface area contributed by atoms with E-state index in [9.17, 15) is 9.59 Å². The van der Waals surface area contributed by atoms with Crippen molar-refractivity contribution in [2.45, 2.75) is 51.9 Å². The molecule has 2 rings (SSSR count). The summed E-state index contributed by atoms with van der Waals surface area (Å²) in [6, 6.07) is -0.0944. The predicted molar refractivity (Wildman–Crippen MR) is 76.5 cm³/mol. The Morgan fingerprint density at radius 2 is 2.00 bits per heavy atom. The minimum absolute atomic E-state index is 0.0128. The van der Waals surface area contributed by atoms with Crippen molar-refractivity contribution in [3.05, 3.63) is 0 Å². The Morgan fingerprint density at radius 1 is 1.30 bits per heavy atom. The van der Waals surface area contributed by atoms with Gasteiger partial charge in [-0.15, -0.1) is 0 Å². The molecule has 1 aliphatic carbocycles. The molecule has 1 spiro atoms.